The average molecular weight is 530 g/mol. The van der Waals surface area contributed by atoms with Gasteiger partial charge in [-0.05, 0) is 123 Å². The molecule has 0 saturated heterocycles. The van der Waals surface area contributed by atoms with Crippen LogP contribution in [0.3, 0.4) is 0 Å². The van der Waals surface area contributed by atoms with Crippen LogP contribution in [0.2, 0.25) is 0 Å². The van der Waals surface area contributed by atoms with Crippen LogP contribution >= 0.6 is 0 Å². The summed E-state index contributed by atoms with van der Waals surface area (Å²) in [6.07, 6.45) is 10.7. The van der Waals surface area contributed by atoms with Crippen molar-refractivity contribution in [2.24, 2.45) is 56.7 Å². The van der Waals surface area contributed by atoms with Crippen LogP contribution in [-0.4, -0.2) is 47.1 Å². The average Bonchev–Trinajstić information content (AvgIpc) is 3.28. The maximum atomic E-state index is 13.9. The Morgan fingerprint density at radius 2 is 1.63 bits per heavy atom. The third kappa shape index (κ3) is 3.62. The molecule has 0 bridgehead atoms. The second kappa shape index (κ2) is 9.58. The zero-order chi connectivity index (χ0) is 27.7. The standard InChI is InChI=1S/C33H55NO4/c1-21(2)22-10-15-33(28(38)34-18-7-19-35)17-16-31(5)23(27(22)33)8-9-25-29(3)13-12-26(37)30(4,20-36)24(29)11-14-32(25,31)6/h22-27,35-37H,1,7-20H2,2-6H3,(H,34,38)/t22-,23?,24+,25+,26?,27+,29-,30-,31+,32+,33-/m0/s1. The number of rotatable bonds is 6. The van der Waals surface area contributed by atoms with E-state index in [0.717, 1.165) is 57.8 Å². The van der Waals surface area contributed by atoms with Crippen LogP contribution in [0.15, 0.2) is 12.2 Å². The molecule has 0 spiro atoms. The fraction of sp³-hybridized carbons (Fsp3) is 0.909. The molecule has 0 radical (unpaired) electrons. The highest BCUT2D eigenvalue weighted by Crippen LogP contribution is 2.77. The number of nitrogens with one attached hydrogen (secondary N) is 1. The van der Waals surface area contributed by atoms with E-state index < -0.39 is 11.5 Å². The number of amides is 1. The highest BCUT2D eigenvalue weighted by molar-refractivity contribution is 5.83. The van der Waals surface area contributed by atoms with Gasteiger partial charge >= 0.3 is 0 Å². The summed E-state index contributed by atoms with van der Waals surface area (Å²) in [6, 6.07) is 0. The van der Waals surface area contributed by atoms with Gasteiger partial charge in [-0.25, -0.2) is 0 Å². The van der Waals surface area contributed by atoms with E-state index in [0.29, 0.717) is 42.6 Å². The molecule has 5 heteroatoms. The van der Waals surface area contributed by atoms with Crippen molar-refractivity contribution in [1.29, 1.82) is 0 Å². The third-order valence-corrected chi connectivity index (χ3v) is 14.3. The van der Waals surface area contributed by atoms with Gasteiger partial charge in [0.25, 0.3) is 0 Å². The first-order valence-electron chi connectivity index (χ1n) is 15.7. The second-order valence-electron chi connectivity index (χ2n) is 15.4. The predicted octanol–water partition coefficient (Wildman–Crippen LogP) is 5.48. The van der Waals surface area contributed by atoms with Crippen LogP contribution in [-0.2, 0) is 4.79 Å². The van der Waals surface area contributed by atoms with E-state index in [9.17, 15) is 20.1 Å². The summed E-state index contributed by atoms with van der Waals surface area (Å²) in [7, 11) is 0. The Morgan fingerprint density at radius 3 is 2.29 bits per heavy atom. The summed E-state index contributed by atoms with van der Waals surface area (Å²) in [5.41, 5.74) is 0.980. The Morgan fingerprint density at radius 1 is 0.895 bits per heavy atom. The van der Waals surface area contributed by atoms with Crippen molar-refractivity contribution in [3.63, 3.8) is 0 Å². The molecular formula is C33H55NO4. The van der Waals surface area contributed by atoms with Crippen molar-refractivity contribution in [2.45, 2.75) is 111 Å². The predicted molar refractivity (Wildman–Crippen MR) is 151 cm³/mol. The van der Waals surface area contributed by atoms with Gasteiger partial charge in [0.1, 0.15) is 0 Å². The third-order valence-electron chi connectivity index (χ3n) is 14.3. The number of hydrogen-bond donors (Lipinski definition) is 4. The summed E-state index contributed by atoms with van der Waals surface area (Å²) >= 11 is 0. The molecule has 38 heavy (non-hydrogen) atoms. The molecule has 216 valence electrons. The van der Waals surface area contributed by atoms with Crippen molar-refractivity contribution in [2.75, 3.05) is 19.8 Å². The van der Waals surface area contributed by atoms with Crippen molar-refractivity contribution >= 4 is 5.91 Å². The maximum Gasteiger partial charge on any atom is 0.226 e. The van der Waals surface area contributed by atoms with Gasteiger partial charge in [-0.15, -0.1) is 0 Å². The Balaban J connectivity index is 1.51. The number of fused-ring (bicyclic) bond motifs is 7. The van der Waals surface area contributed by atoms with Gasteiger partial charge in [0.05, 0.1) is 18.1 Å². The quantitative estimate of drug-likeness (QED) is 0.271. The maximum absolute atomic E-state index is 13.9. The summed E-state index contributed by atoms with van der Waals surface area (Å²) in [4.78, 5) is 13.9. The number of aliphatic hydroxyl groups excluding tert-OH is 3. The molecule has 0 heterocycles. The van der Waals surface area contributed by atoms with E-state index in [1.54, 1.807) is 0 Å². The van der Waals surface area contributed by atoms with Crippen LogP contribution < -0.4 is 5.32 Å². The molecule has 0 aliphatic heterocycles. The zero-order valence-electron chi connectivity index (χ0n) is 24.8. The molecule has 1 amide bonds. The van der Waals surface area contributed by atoms with Gasteiger partial charge in [-0.1, -0.05) is 39.8 Å². The minimum atomic E-state index is -0.420. The van der Waals surface area contributed by atoms with Crippen LogP contribution in [0.4, 0.5) is 0 Å². The monoisotopic (exact) mass is 529 g/mol. The van der Waals surface area contributed by atoms with Gasteiger partial charge in [-0.2, -0.15) is 0 Å². The molecule has 5 fully saturated rings. The highest BCUT2D eigenvalue weighted by Gasteiger charge is 2.72. The van der Waals surface area contributed by atoms with Crippen molar-refractivity contribution in [3.05, 3.63) is 12.2 Å². The smallest absolute Gasteiger partial charge is 0.226 e. The number of carbonyl (C=O) groups excluding carboxylic acids is 1. The Labute approximate surface area is 231 Å². The summed E-state index contributed by atoms with van der Waals surface area (Å²) in [5.74, 6) is 2.39. The van der Waals surface area contributed by atoms with Crippen molar-refractivity contribution in [3.8, 4) is 0 Å². The lowest BCUT2D eigenvalue weighted by Crippen LogP contribution is -2.68. The Hall–Kier alpha value is -0.910. The minimum Gasteiger partial charge on any atom is -0.396 e. The minimum absolute atomic E-state index is 0.0635. The van der Waals surface area contributed by atoms with Crippen LogP contribution in [0.25, 0.3) is 0 Å². The SMILES string of the molecule is C=C(C)[C@@H]1CC[C@]2(C(=O)NCCCO)CC[C@]3(C)C(CC[C@@H]4[C@@]5(C)CCC(O)[C@@](C)(CO)[C@@H]5CC[C@]43C)[C@@H]12. The van der Waals surface area contributed by atoms with E-state index in [4.69, 9.17) is 0 Å². The van der Waals surface area contributed by atoms with Crippen LogP contribution in [0.5, 0.6) is 0 Å². The van der Waals surface area contributed by atoms with Crippen molar-refractivity contribution < 1.29 is 20.1 Å². The summed E-state index contributed by atoms with van der Waals surface area (Å²) < 4.78 is 0. The molecule has 0 aromatic heterocycles. The number of allylic oxidation sites excluding steroid dienone is 1. The van der Waals surface area contributed by atoms with Gasteiger partial charge < -0.3 is 20.6 Å². The van der Waals surface area contributed by atoms with E-state index in [-0.39, 0.29) is 40.8 Å². The topological polar surface area (TPSA) is 89.8 Å². The van der Waals surface area contributed by atoms with Crippen molar-refractivity contribution in [1.82, 2.24) is 5.32 Å². The summed E-state index contributed by atoms with van der Waals surface area (Å²) in [6.45, 7) is 17.1. The molecule has 5 nitrogen and oxygen atoms in total. The molecule has 0 aromatic carbocycles. The molecule has 5 aliphatic carbocycles. The first-order chi connectivity index (χ1) is 17.9. The molecule has 0 aromatic rings. The summed E-state index contributed by atoms with van der Waals surface area (Å²) in [5, 5.41) is 34.0. The van der Waals surface area contributed by atoms with Crippen LogP contribution in [0, 0.1) is 56.7 Å². The number of carbonyl (C=O) groups is 1. The lowest BCUT2D eigenvalue weighted by atomic mass is 9.32. The van der Waals surface area contributed by atoms with E-state index >= 15 is 0 Å². The Bertz CT molecular complexity index is 951. The molecule has 11 atom stereocenters. The fourth-order valence-electron chi connectivity index (χ4n) is 12.0. The largest absolute Gasteiger partial charge is 0.396 e. The van der Waals surface area contributed by atoms with Gasteiger partial charge in [0.2, 0.25) is 5.91 Å². The first-order valence-corrected chi connectivity index (χ1v) is 15.7. The van der Waals surface area contributed by atoms with E-state index in [1.165, 1.54) is 12.0 Å². The van der Waals surface area contributed by atoms with E-state index in [1.807, 2.05) is 0 Å². The Kier molecular flexibility index (Phi) is 7.22. The van der Waals surface area contributed by atoms with Gasteiger partial charge in [-0.3, -0.25) is 4.79 Å². The first kappa shape index (κ1) is 28.6. The molecule has 4 N–H and O–H groups in total. The molecule has 5 saturated carbocycles. The molecule has 2 unspecified atom stereocenters. The molecule has 5 aliphatic rings. The normalized spacial score (nSPS) is 51.8. The molecule has 5 rings (SSSR count). The number of aliphatic hydroxyl groups is 3. The lowest BCUT2D eigenvalue weighted by Gasteiger charge is -2.73. The van der Waals surface area contributed by atoms with Gasteiger partial charge in [0, 0.05) is 18.6 Å². The lowest BCUT2D eigenvalue weighted by molar-refractivity contribution is -0.252. The zero-order valence-corrected chi connectivity index (χ0v) is 24.8. The van der Waals surface area contributed by atoms with Gasteiger partial charge in [0.15, 0.2) is 0 Å². The van der Waals surface area contributed by atoms with Crippen LogP contribution in [0.1, 0.15) is 105 Å². The highest BCUT2D eigenvalue weighted by atomic mass is 16.3. The second-order valence-corrected chi connectivity index (χ2v) is 15.4. The fourth-order valence-corrected chi connectivity index (χ4v) is 12.0. The molecular weight excluding hydrogens is 474 g/mol. The number of hydrogen-bond acceptors (Lipinski definition) is 4. The van der Waals surface area contributed by atoms with E-state index in [2.05, 4.69) is 46.5 Å².